The zero-order chi connectivity index (χ0) is 27.8. The molecule has 0 spiro atoms. The van der Waals surface area contributed by atoms with Crippen LogP contribution in [0.4, 0.5) is 0 Å². The summed E-state index contributed by atoms with van der Waals surface area (Å²) in [7, 11) is 4.00. The van der Waals surface area contributed by atoms with Crippen molar-refractivity contribution in [2.75, 3.05) is 0 Å². The predicted molar refractivity (Wildman–Crippen MR) is 145 cm³/mol. The number of para-hydroxylation sites is 2. The van der Waals surface area contributed by atoms with Crippen molar-refractivity contribution in [2.45, 2.75) is 27.7 Å². The van der Waals surface area contributed by atoms with E-state index in [4.69, 9.17) is 0 Å². The normalized spacial score (nSPS) is 10.1. The number of benzene rings is 2. The van der Waals surface area contributed by atoms with Gasteiger partial charge >= 0.3 is 0 Å². The minimum absolute atomic E-state index is 0. The van der Waals surface area contributed by atoms with E-state index in [1.807, 2.05) is 93.0 Å². The Bertz CT molecular complexity index is 1500. The Balaban J connectivity index is 0.000000165. The van der Waals surface area contributed by atoms with Crippen molar-refractivity contribution in [1.82, 2.24) is 34.7 Å². The molecule has 2 aromatic carbocycles. The van der Waals surface area contributed by atoms with E-state index < -0.39 is 0 Å². The molecule has 0 saturated carbocycles. The maximum atomic E-state index is 4.02. The van der Waals surface area contributed by atoms with E-state index in [0.29, 0.717) is 11.5 Å². The number of hydrogen-bond acceptors (Lipinski definition) is 4. The molecular formula is C30H30IrN9-3. The Morgan fingerprint density at radius 1 is 0.725 bits per heavy atom. The molecule has 6 aromatic rings. The molecule has 0 aliphatic heterocycles. The molecule has 0 bridgehead atoms. The van der Waals surface area contributed by atoms with E-state index in [-0.39, 0.29) is 20.1 Å². The Morgan fingerprint density at radius 3 is 1.60 bits per heavy atom. The van der Waals surface area contributed by atoms with Gasteiger partial charge in [0.15, 0.2) is 0 Å². The van der Waals surface area contributed by atoms with Gasteiger partial charge in [0.25, 0.3) is 0 Å². The van der Waals surface area contributed by atoms with Crippen molar-refractivity contribution in [2.24, 2.45) is 14.1 Å². The summed E-state index contributed by atoms with van der Waals surface area (Å²) in [5.74, 6) is 0.464. The number of imidazole rings is 2. The first-order valence-corrected chi connectivity index (χ1v) is 12.4. The summed E-state index contributed by atoms with van der Waals surface area (Å²) >= 11 is 0. The maximum Gasteiger partial charge on any atom is 0.241 e. The second-order valence-corrected chi connectivity index (χ2v) is 8.74. The fourth-order valence-electron chi connectivity index (χ4n) is 3.67. The molecule has 40 heavy (non-hydrogen) atoms. The van der Waals surface area contributed by atoms with Crippen LogP contribution < -0.4 is 14.2 Å². The van der Waals surface area contributed by atoms with E-state index in [0.717, 1.165) is 11.4 Å². The molecule has 0 unspecified atom stereocenters. The zero-order valence-electron chi connectivity index (χ0n) is 23.3. The van der Waals surface area contributed by atoms with E-state index in [9.17, 15) is 0 Å². The van der Waals surface area contributed by atoms with Crippen LogP contribution in [0.25, 0.3) is 22.9 Å². The van der Waals surface area contributed by atoms with Gasteiger partial charge in [-0.2, -0.15) is 65.9 Å². The molecule has 10 heteroatoms. The van der Waals surface area contributed by atoms with Crippen LogP contribution in [0.15, 0.2) is 72.9 Å². The summed E-state index contributed by atoms with van der Waals surface area (Å²) < 4.78 is 8.04. The smallest absolute Gasteiger partial charge is 0.241 e. The third kappa shape index (κ3) is 7.22. The first kappa shape index (κ1) is 30.3. The van der Waals surface area contributed by atoms with Crippen LogP contribution in [0.3, 0.4) is 0 Å². The molecule has 0 saturated heterocycles. The van der Waals surface area contributed by atoms with Crippen molar-refractivity contribution in [3.8, 4) is 22.9 Å². The molecular weight excluding hydrogens is 679 g/mol. The van der Waals surface area contributed by atoms with Gasteiger partial charge < -0.3 is 23.4 Å². The van der Waals surface area contributed by atoms with Gasteiger partial charge in [-0.15, -0.1) is 0 Å². The topological polar surface area (TPSA) is 83.3 Å². The molecule has 0 N–H and O–H groups in total. The molecule has 1 radical (unpaired) electrons. The van der Waals surface area contributed by atoms with Gasteiger partial charge in [0.05, 0.1) is 25.6 Å². The quantitative estimate of drug-likeness (QED) is 0.209. The Kier molecular flexibility index (Phi) is 10.8. The van der Waals surface area contributed by atoms with Gasteiger partial charge in [0.1, 0.15) is 0 Å². The molecule has 6 rings (SSSR count). The average molecular weight is 709 g/mol. The predicted octanol–water partition coefficient (Wildman–Crippen LogP) is 2.93. The number of rotatable bonds is 3. The average Bonchev–Trinajstić information content (AvgIpc) is 3.68. The maximum absolute atomic E-state index is 4.02. The summed E-state index contributed by atoms with van der Waals surface area (Å²) in [6, 6.07) is 27.7. The molecule has 0 atom stereocenters. The van der Waals surface area contributed by atoms with Crippen LogP contribution in [0, 0.1) is 52.5 Å². The SMILES string of the molecule is Cc1c(C)[n+](C)[c-]n1-c1[c-]cccc1.Cc1c(C)[n+](C)[c-]n1-c1[c-]cccc1.[Ir].c1ccc(-c2nnn[n-]2)nc1. The third-order valence-electron chi connectivity index (χ3n) is 6.30. The van der Waals surface area contributed by atoms with Crippen LogP contribution in [0.1, 0.15) is 22.8 Å². The molecule has 0 amide bonds. The van der Waals surface area contributed by atoms with Gasteiger partial charge in [-0.1, -0.05) is 17.4 Å². The van der Waals surface area contributed by atoms with Crippen molar-refractivity contribution < 1.29 is 29.2 Å². The van der Waals surface area contributed by atoms with Crippen molar-refractivity contribution in [3.05, 3.63) is 120 Å². The number of aryl methyl sites for hydroxylation is 2. The Labute approximate surface area is 248 Å². The molecule has 9 nitrogen and oxygen atoms in total. The first-order chi connectivity index (χ1) is 18.9. The van der Waals surface area contributed by atoms with Gasteiger partial charge in [-0.25, -0.2) is 0 Å². The summed E-state index contributed by atoms with van der Waals surface area (Å²) in [6.07, 6.45) is 8.13. The summed E-state index contributed by atoms with van der Waals surface area (Å²) in [5, 5.41) is 14.0. The summed E-state index contributed by atoms with van der Waals surface area (Å²) in [5.41, 5.74) is 7.62. The standard InChI is InChI=1S/2C12H13N2.C6H4N5.Ir/c2*1-10-11(2)14(9-13(10)3)12-7-5-4-6-8-12;1-2-4-7-5(3-1)6-8-10-11-9-6;/h2*4-7H,1-3H3;1-4H;/q3*-1;. The zero-order valence-corrected chi connectivity index (χ0v) is 25.7. The van der Waals surface area contributed by atoms with Crippen LogP contribution in [0.5, 0.6) is 0 Å². The Morgan fingerprint density at radius 2 is 1.25 bits per heavy atom. The minimum Gasteiger partial charge on any atom is -0.345 e. The van der Waals surface area contributed by atoms with Crippen molar-refractivity contribution in [1.29, 1.82) is 0 Å². The van der Waals surface area contributed by atoms with Crippen LogP contribution in [0.2, 0.25) is 0 Å². The van der Waals surface area contributed by atoms with Gasteiger partial charge in [0.2, 0.25) is 12.7 Å². The molecule has 4 aromatic heterocycles. The third-order valence-corrected chi connectivity index (χ3v) is 6.30. The van der Waals surface area contributed by atoms with Crippen LogP contribution in [-0.2, 0) is 34.2 Å². The molecule has 0 aliphatic rings. The van der Waals surface area contributed by atoms with Crippen LogP contribution in [-0.4, -0.2) is 29.6 Å². The molecule has 4 heterocycles. The van der Waals surface area contributed by atoms with Gasteiger partial charge in [0, 0.05) is 49.1 Å². The number of hydrogen-bond donors (Lipinski definition) is 0. The fraction of sp³-hybridized carbons (Fsp3) is 0.200. The largest absolute Gasteiger partial charge is 0.345 e. The Hall–Kier alpha value is -4.27. The molecule has 207 valence electrons. The second-order valence-electron chi connectivity index (χ2n) is 8.74. The summed E-state index contributed by atoms with van der Waals surface area (Å²) in [4.78, 5) is 4.02. The van der Waals surface area contributed by atoms with Crippen molar-refractivity contribution in [3.63, 3.8) is 0 Å². The van der Waals surface area contributed by atoms with Gasteiger partial charge in [-0.05, 0) is 39.8 Å². The molecule has 0 fully saturated rings. The first-order valence-electron chi connectivity index (χ1n) is 12.4. The molecule has 0 aliphatic carbocycles. The number of aromatic nitrogens is 9. The minimum atomic E-state index is 0. The van der Waals surface area contributed by atoms with Gasteiger partial charge in [-0.3, -0.25) is 15.3 Å². The van der Waals surface area contributed by atoms with Crippen LogP contribution >= 0.6 is 0 Å². The number of nitrogens with zero attached hydrogens (tertiary/aromatic N) is 9. The number of tetrazole rings is 1. The summed E-state index contributed by atoms with van der Waals surface area (Å²) in [6.45, 7) is 8.36. The van der Waals surface area contributed by atoms with E-state index in [1.54, 1.807) is 12.3 Å². The van der Waals surface area contributed by atoms with E-state index >= 15 is 0 Å². The van der Waals surface area contributed by atoms with E-state index in [2.05, 4.69) is 78.1 Å². The number of pyridine rings is 1. The second kappa shape index (κ2) is 14.2. The monoisotopic (exact) mass is 709 g/mol. The van der Waals surface area contributed by atoms with E-state index in [1.165, 1.54) is 22.8 Å². The van der Waals surface area contributed by atoms with Crippen molar-refractivity contribution >= 4 is 0 Å². The fourth-order valence-corrected chi connectivity index (χ4v) is 3.67.